The van der Waals surface area contributed by atoms with E-state index in [0.29, 0.717) is 13.0 Å². The number of nitriles is 1. The molecule has 0 aliphatic rings. The van der Waals surface area contributed by atoms with E-state index in [0.717, 1.165) is 6.42 Å². The summed E-state index contributed by atoms with van der Waals surface area (Å²) in [6.07, 6.45) is 1.51. The SMILES string of the molecule is CC(N)(C#N)CCCOC(C)(C)C. The van der Waals surface area contributed by atoms with Gasteiger partial charge in [0.2, 0.25) is 0 Å². The minimum Gasteiger partial charge on any atom is -0.376 e. The highest BCUT2D eigenvalue weighted by molar-refractivity contribution is 5.00. The first-order valence-electron chi connectivity index (χ1n) is 4.61. The van der Waals surface area contributed by atoms with Crippen LogP contribution in [0, 0.1) is 11.3 Å². The van der Waals surface area contributed by atoms with E-state index >= 15 is 0 Å². The quantitative estimate of drug-likeness (QED) is 0.678. The zero-order valence-electron chi connectivity index (χ0n) is 9.05. The van der Waals surface area contributed by atoms with Crippen molar-refractivity contribution in [2.75, 3.05) is 6.61 Å². The monoisotopic (exact) mass is 184 g/mol. The molecule has 0 spiro atoms. The molecule has 0 aromatic heterocycles. The number of hydrogen-bond donors (Lipinski definition) is 1. The van der Waals surface area contributed by atoms with Crippen LogP contribution in [0.5, 0.6) is 0 Å². The average molecular weight is 184 g/mol. The van der Waals surface area contributed by atoms with Crippen LogP contribution in [0.4, 0.5) is 0 Å². The van der Waals surface area contributed by atoms with Crippen molar-refractivity contribution < 1.29 is 4.74 Å². The highest BCUT2D eigenvalue weighted by atomic mass is 16.5. The summed E-state index contributed by atoms with van der Waals surface area (Å²) >= 11 is 0. The minimum absolute atomic E-state index is 0.0996. The van der Waals surface area contributed by atoms with Crippen LogP contribution >= 0.6 is 0 Å². The lowest BCUT2D eigenvalue weighted by atomic mass is 10.00. The second-order valence-corrected chi connectivity index (χ2v) is 4.59. The first-order chi connectivity index (χ1) is 5.77. The lowest BCUT2D eigenvalue weighted by molar-refractivity contribution is -0.00558. The van der Waals surface area contributed by atoms with Crippen LogP contribution in [-0.4, -0.2) is 17.7 Å². The maximum atomic E-state index is 8.64. The smallest absolute Gasteiger partial charge is 0.101 e. The van der Waals surface area contributed by atoms with Gasteiger partial charge in [-0.15, -0.1) is 0 Å². The molecule has 1 atom stereocenters. The summed E-state index contributed by atoms with van der Waals surface area (Å²) in [5.41, 5.74) is 4.84. The van der Waals surface area contributed by atoms with E-state index in [-0.39, 0.29) is 5.60 Å². The van der Waals surface area contributed by atoms with Crippen molar-refractivity contribution in [2.24, 2.45) is 5.73 Å². The van der Waals surface area contributed by atoms with Gasteiger partial charge in [-0.2, -0.15) is 5.26 Å². The molecule has 0 radical (unpaired) electrons. The van der Waals surface area contributed by atoms with Crippen molar-refractivity contribution in [1.29, 1.82) is 5.26 Å². The maximum absolute atomic E-state index is 8.64. The average Bonchev–Trinajstić information content (AvgIpc) is 1.97. The van der Waals surface area contributed by atoms with Gasteiger partial charge in [-0.05, 0) is 40.5 Å². The van der Waals surface area contributed by atoms with Crippen LogP contribution in [0.2, 0.25) is 0 Å². The molecule has 0 fully saturated rings. The van der Waals surface area contributed by atoms with E-state index in [4.69, 9.17) is 15.7 Å². The molecule has 2 N–H and O–H groups in total. The van der Waals surface area contributed by atoms with Crippen molar-refractivity contribution in [3.63, 3.8) is 0 Å². The third-order valence-corrected chi connectivity index (χ3v) is 1.63. The lowest BCUT2D eigenvalue weighted by Crippen LogP contribution is -2.34. The summed E-state index contributed by atoms with van der Waals surface area (Å²) in [5.74, 6) is 0. The topological polar surface area (TPSA) is 59.0 Å². The standard InChI is InChI=1S/C10H20N2O/c1-9(2,3)13-7-5-6-10(4,12)8-11/h5-7,12H2,1-4H3. The Bertz CT molecular complexity index is 186. The molecule has 3 heteroatoms. The molecule has 0 saturated carbocycles. The third kappa shape index (κ3) is 7.76. The predicted molar refractivity (Wildman–Crippen MR) is 53.1 cm³/mol. The molecular formula is C10H20N2O. The van der Waals surface area contributed by atoms with Gasteiger partial charge in [-0.1, -0.05) is 0 Å². The summed E-state index contributed by atoms with van der Waals surface area (Å²) in [6.45, 7) is 8.44. The minimum atomic E-state index is -0.707. The second-order valence-electron chi connectivity index (χ2n) is 4.59. The fourth-order valence-electron chi connectivity index (χ4n) is 0.874. The van der Waals surface area contributed by atoms with Crippen LogP contribution < -0.4 is 5.73 Å². The second kappa shape index (κ2) is 4.59. The Labute approximate surface area is 80.9 Å². The van der Waals surface area contributed by atoms with Crippen LogP contribution in [0.1, 0.15) is 40.5 Å². The predicted octanol–water partition coefficient (Wildman–Crippen LogP) is 1.82. The lowest BCUT2D eigenvalue weighted by Gasteiger charge is -2.21. The van der Waals surface area contributed by atoms with Gasteiger partial charge in [0, 0.05) is 6.61 Å². The number of ether oxygens (including phenoxy) is 1. The van der Waals surface area contributed by atoms with E-state index in [1.54, 1.807) is 6.92 Å². The molecule has 13 heavy (non-hydrogen) atoms. The molecule has 0 rings (SSSR count). The molecule has 0 amide bonds. The molecule has 0 aromatic carbocycles. The summed E-state index contributed by atoms with van der Waals surface area (Å²) in [5, 5.41) is 8.64. The van der Waals surface area contributed by atoms with Crippen LogP contribution in [0.3, 0.4) is 0 Å². The van der Waals surface area contributed by atoms with Crippen LogP contribution in [0.25, 0.3) is 0 Å². The first kappa shape index (κ1) is 12.4. The van der Waals surface area contributed by atoms with Crippen LogP contribution in [0.15, 0.2) is 0 Å². The van der Waals surface area contributed by atoms with Crippen LogP contribution in [-0.2, 0) is 4.74 Å². The Hall–Kier alpha value is -0.590. The van der Waals surface area contributed by atoms with Gasteiger partial charge in [0.1, 0.15) is 5.54 Å². The molecule has 0 aliphatic carbocycles. The number of rotatable bonds is 4. The van der Waals surface area contributed by atoms with E-state index in [2.05, 4.69) is 6.07 Å². The van der Waals surface area contributed by atoms with Gasteiger partial charge >= 0.3 is 0 Å². The van der Waals surface area contributed by atoms with Gasteiger partial charge in [-0.3, -0.25) is 0 Å². The fraction of sp³-hybridized carbons (Fsp3) is 0.900. The molecule has 0 saturated heterocycles. The number of nitrogens with zero attached hydrogens (tertiary/aromatic N) is 1. The molecular weight excluding hydrogens is 164 g/mol. The van der Waals surface area contributed by atoms with Crippen molar-refractivity contribution >= 4 is 0 Å². The summed E-state index contributed by atoms with van der Waals surface area (Å²) in [6, 6.07) is 2.06. The largest absolute Gasteiger partial charge is 0.376 e. The van der Waals surface area contributed by atoms with E-state index in [1.165, 1.54) is 0 Å². The highest BCUT2D eigenvalue weighted by Crippen LogP contribution is 2.11. The third-order valence-electron chi connectivity index (χ3n) is 1.63. The highest BCUT2D eigenvalue weighted by Gasteiger charge is 2.17. The van der Waals surface area contributed by atoms with Gasteiger partial charge in [0.15, 0.2) is 0 Å². The molecule has 0 heterocycles. The van der Waals surface area contributed by atoms with Crippen molar-refractivity contribution in [1.82, 2.24) is 0 Å². The zero-order chi connectivity index (χ0) is 10.5. The summed E-state index contributed by atoms with van der Waals surface area (Å²) in [4.78, 5) is 0. The molecule has 76 valence electrons. The fourth-order valence-corrected chi connectivity index (χ4v) is 0.874. The van der Waals surface area contributed by atoms with E-state index < -0.39 is 5.54 Å². The van der Waals surface area contributed by atoms with Gasteiger partial charge < -0.3 is 10.5 Å². The Balaban J connectivity index is 3.54. The molecule has 1 unspecified atom stereocenters. The summed E-state index contributed by atoms with van der Waals surface area (Å²) in [7, 11) is 0. The Morgan fingerprint density at radius 3 is 2.23 bits per heavy atom. The van der Waals surface area contributed by atoms with Crippen molar-refractivity contribution in [2.45, 2.75) is 51.7 Å². The molecule has 0 bridgehead atoms. The first-order valence-corrected chi connectivity index (χ1v) is 4.61. The zero-order valence-corrected chi connectivity index (χ0v) is 9.05. The maximum Gasteiger partial charge on any atom is 0.101 e. The normalized spacial score (nSPS) is 16.3. The van der Waals surface area contributed by atoms with E-state index in [1.807, 2.05) is 20.8 Å². The van der Waals surface area contributed by atoms with Gasteiger partial charge in [-0.25, -0.2) is 0 Å². The van der Waals surface area contributed by atoms with Gasteiger partial charge in [0.05, 0.1) is 11.7 Å². The number of hydrogen-bond acceptors (Lipinski definition) is 3. The Kier molecular flexibility index (Phi) is 4.38. The Morgan fingerprint density at radius 1 is 1.31 bits per heavy atom. The summed E-state index contributed by atoms with van der Waals surface area (Å²) < 4.78 is 5.50. The van der Waals surface area contributed by atoms with Gasteiger partial charge in [0.25, 0.3) is 0 Å². The van der Waals surface area contributed by atoms with E-state index in [9.17, 15) is 0 Å². The molecule has 0 aliphatic heterocycles. The Morgan fingerprint density at radius 2 is 1.85 bits per heavy atom. The van der Waals surface area contributed by atoms with Crippen molar-refractivity contribution in [3.05, 3.63) is 0 Å². The molecule has 0 aromatic rings. The van der Waals surface area contributed by atoms with Crippen molar-refractivity contribution in [3.8, 4) is 6.07 Å². The molecule has 3 nitrogen and oxygen atoms in total. The number of nitrogens with two attached hydrogens (primary N) is 1.